The average molecular weight is 256 g/mol. The molecule has 0 saturated heterocycles. The van der Waals surface area contributed by atoms with Gasteiger partial charge in [-0.15, -0.1) is 11.3 Å². The molecule has 0 aliphatic heterocycles. The Morgan fingerprint density at radius 3 is 2.65 bits per heavy atom. The number of amides is 1. The van der Waals surface area contributed by atoms with Crippen LogP contribution in [0.3, 0.4) is 0 Å². The summed E-state index contributed by atoms with van der Waals surface area (Å²) in [5.41, 5.74) is 5.99. The highest BCUT2D eigenvalue weighted by Gasteiger charge is 2.16. The summed E-state index contributed by atoms with van der Waals surface area (Å²) in [6, 6.07) is 0. The van der Waals surface area contributed by atoms with Gasteiger partial charge in [-0.1, -0.05) is 0 Å². The fraction of sp³-hybridized carbons (Fsp3) is 0.636. The molecule has 0 spiro atoms. The molecule has 6 heteroatoms. The normalized spacial score (nSPS) is 10.8. The van der Waals surface area contributed by atoms with E-state index in [9.17, 15) is 4.79 Å². The van der Waals surface area contributed by atoms with E-state index in [0.29, 0.717) is 17.4 Å². The summed E-state index contributed by atoms with van der Waals surface area (Å²) < 4.78 is 0. The van der Waals surface area contributed by atoms with Crippen molar-refractivity contribution in [1.82, 2.24) is 14.8 Å². The molecule has 1 aromatic heterocycles. The van der Waals surface area contributed by atoms with Crippen molar-refractivity contribution in [1.29, 1.82) is 0 Å². The number of nitrogens with two attached hydrogens (primary N) is 1. The first-order chi connectivity index (χ1) is 8.04. The van der Waals surface area contributed by atoms with Crippen molar-refractivity contribution >= 4 is 22.4 Å². The highest BCUT2D eigenvalue weighted by atomic mass is 32.1. The molecular formula is C11H20N4OS. The second kappa shape index (κ2) is 6.56. The summed E-state index contributed by atoms with van der Waals surface area (Å²) in [5.74, 6) is -0.0285. The lowest BCUT2D eigenvalue weighted by molar-refractivity contribution is 0.0754. The van der Waals surface area contributed by atoms with Gasteiger partial charge in [0.25, 0.3) is 5.91 Å². The summed E-state index contributed by atoms with van der Waals surface area (Å²) in [7, 11) is 4.05. The van der Waals surface area contributed by atoms with Crippen LogP contribution < -0.4 is 5.73 Å². The van der Waals surface area contributed by atoms with Crippen LogP contribution in [0, 0.1) is 0 Å². The molecule has 1 heterocycles. The van der Waals surface area contributed by atoms with Gasteiger partial charge >= 0.3 is 0 Å². The molecule has 0 aromatic carbocycles. The number of hydrogen-bond acceptors (Lipinski definition) is 5. The minimum atomic E-state index is -0.0285. The summed E-state index contributed by atoms with van der Waals surface area (Å²) in [5, 5.41) is 2.16. The number of rotatable bonds is 6. The third kappa shape index (κ3) is 4.32. The number of thiazole rings is 1. The van der Waals surface area contributed by atoms with Crippen LogP contribution >= 0.6 is 11.3 Å². The molecule has 0 unspecified atom stereocenters. The molecular weight excluding hydrogens is 236 g/mol. The predicted octanol–water partition coefficient (Wildman–Crippen LogP) is 1.14. The second-order valence-corrected chi connectivity index (χ2v) is 5.00. The largest absolute Gasteiger partial charge is 0.375 e. The van der Waals surface area contributed by atoms with E-state index in [0.717, 1.165) is 19.5 Å². The Balaban J connectivity index is 2.52. The second-order valence-electron chi connectivity index (χ2n) is 4.11. The highest BCUT2D eigenvalue weighted by Crippen LogP contribution is 2.13. The molecule has 96 valence electrons. The van der Waals surface area contributed by atoms with E-state index >= 15 is 0 Å². The van der Waals surface area contributed by atoms with Crippen molar-refractivity contribution in [3.8, 4) is 0 Å². The molecule has 0 saturated carbocycles. The van der Waals surface area contributed by atoms with E-state index in [4.69, 9.17) is 5.73 Å². The van der Waals surface area contributed by atoms with E-state index in [1.165, 1.54) is 11.3 Å². The van der Waals surface area contributed by atoms with E-state index in [-0.39, 0.29) is 5.91 Å². The van der Waals surface area contributed by atoms with Crippen LogP contribution in [0.5, 0.6) is 0 Å². The first kappa shape index (κ1) is 13.9. The summed E-state index contributed by atoms with van der Waals surface area (Å²) in [6.45, 7) is 4.40. The van der Waals surface area contributed by atoms with Gasteiger partial charge in [-0.25, -0.2) is 4.98 Å². The van der Waals surface area contributed by atoms with Crippen molar-refractivity contribution in [2.24, 2.45) is 0 Å². The van der Waals surface area contributed by atoms with Crippen LogP contribution in [0.1, 0.15) is 23.8 Å². The van der Waals surface area contributed by atoms with Gasteiger partial charge in [0.1, 0.15) is 5.69 Å². The predicted molar refractivity (Wildman–Crippen MR) is 71.3 cm³/mol. The molecule has 0 bridgehead atoms. The highest BCUT2D eigenvalue weighted by molar-refractivity contribution is 7.13. The quantitative estimate of drug-likeness (QED) is 0.829. The van der Waals surface area contributed by atoms with Crippen molar-refractivity contribution in [3.63, 3.8) is 0 Å². The Morgan fingerprint density at radius 1 is 1.47 bits per heavy atom. The zero-order valence-electron chi connectivity index (χ0n) is 10.6. The minimum absolute atomic E-state index is 0.0285. The van der Waals surface area contributed by atoms with Crippen LogP contribution in [-0.2, 0) is 0 Å². The van der Waals surface area contributed by atoms with Crippen LogP contribution in [-0.4, -0.2) is 54.4 Å². The smallest absolute Gasteiger partial charge is 0.273 e. The number of carbonyl (C=O) groups is 1. The van der Waals surface area contributed by atoms with Crippen molar-refractivity contribution in [3.05, 3.63) is 11.1 Å². The Labute approximate surface area is 106 Å². The standard InChI is InChI=1S/C11H20N4OS/c1-4-15(7-5-6-14(2)3)10(16)9-8-17-11(12)13-9/h8H,4-7H2,1-3H3,(H2,12,13). The first-order valence-corrected chi connectivity index (χ1v) is 6.57. The lowest BCUT2D eigenvalue weighted by Crippen LogP contribution is -2.33. The van der Waals surface area contributed by atoms with E-state index in [1.54, 1.807) is 10.3 Å². The SMILES string of the molecule is CCN(CCCN(C)C)C(=O)c1csc(N)n1. The lowest BCUT2D eigenvalue weighted by atomic mass is 10.3. The fourth-order valence-electron chi connectivity index (χ4n) is 1.53. The minimum Gasteiger partial charge on any atom is -0.375 e. The van der Waals surface area contributed by atoms with Crippen molar-refractivity contribution < 1.29 is 4.79 Å². The molecule has 0 atom stereocenters. The number of hydrogen-bond donors (Lipinski definition) is 1. The van der Waals surface area contributed by atoms with E-state index in [1.807, 2.05) is 21.0 Å². The molecule has 1 amide bonds. The number of nitrogens with zero attached hydrogens (tertiary/aromatic N) is 3. The van der Waals surface area contributed by atoms with Gasteiger partial charge in [-0.3, -0.25) is 4.79 Å². The number of carbonyl (C=O) groups excluding carboxylic acids is 1. The van der Waals surface area contributed by atoms with E-state index in [2.05, 4.69) is 9.88 Å². The molecule has 0 radical (unpaired) electrons. The van der Waals surface area contributed by atoms with Gasteiger partial charge in [-0.2, -0.15) is 0 Å². The Morgan fingerprint density at radius 2 is 2.18 bits per heavy atom. The zero-order valence-corrected chi connectivity index (χ0v) is 11.5. The van der Waals surface area contributed by atoms with Crippen molar-refractivity contribution in [2.45, 2.75) is 13.3 Å². The molecule has 5 nitrogen and oxygen atoms in total. The van der Waals surface area contributed by atoms with Crippen LogP contribution in [0.2, 0.25) is 0 Å². The Kier molecular flexibility index (Phi) is 5.37. The third-order valence-corrected chi connectivity index (χ3v) is 3.12. The van der Waals surface area contributed by atoms with Crippen LogP contribution in [0.4, 0.5) is 5.13 Å². The van der Waals surface area contributed by atoms with Gasteiger partial charge in [0.05, 0.1) is 0 Å². The van der Waals surface area contributed by atoms with Crippen molar-refractivity contribution in [2.75, 3.05) is 39.5 Å². The van der Waals surface area contributed by atoms with Gasteiger partial charge in [0, 0.05) is 18.5 Å². The topological polar surface area (TPSA) is 62.5 Å². The maximum atomic E-state index is 12.1. The van der Waals surface area contributed by atoms with Gasteiger partial charge in [-0.05, 0) is 34.0 Å². The monoisotopic (exact) mass is 256 g/mol. The lowest BCUT2D eigenvalue weighted by Gasteiger charge is -2.20. The number of aromatic nitrogens is 1. The fourth-order valence-corrected chi connectivity index (χ4v) is 2.07. The van der Waals surface area contributed by atoms with Crippen LogP contribution in [0.15, 0.2) is 5.38 Å². The molecule has 0 aliphatic carbocycles. The third-order valence-electron chi connectivity index (χ3n) is 2.44. The number of nitrogen functional groups attached to an aromatic ring is 1. The first-order valence-electron chi connectivity index (χ1n) is 5.69. The summed E-state index contributed by atoms with van der Waals surface area (Å²) >= 11 is 1.30. The van der Waals surface area contributed by atoms with Gasteiger partial charge in [0.2, 0.25) is 0 Å². The Hall–Kier alpha value is -1.14. The molecule has 1 rings (SSSR count). The summed E-state index contributed by atoms with van der Waals surface area (Å²) in [6.07, 6.45) is 0.964. The molecule has 1 aromatic rings. The average Bonchev–Trinajstić information content (AvgIpc) is 2.70. The van der Waals surface area contributed by atoms with Crippen LogP contribution in [0.25, 0.3) is 0 Å². The molecule has 0 aliphatic rings. The van der Waals surface area contributed by atoms with E-state index < -0.39 is 0 Å². The zero-order chi connectivity index (χ0) is 12.8. The summed E-state index contributed by atoms with van der Waals surface area (Å²) in [4.78, 5) is 20.0. The molecule has 17 heavy (non-hydrogen) atoms. The maximum Gasteiger partial charge on any atom is 0.273 e. The molecule has 2 N–H and O–H groups in total. The molecule has 0 fully saturated rings. The van der Waals surface area contributed by atoms with Gasteiger partial charge in [0.15, 0.2) is 5.13 Å². The number of anilines is 1. The maximum absolute atomic E-state index is 12.1. The van der Waals surface area contributed by atoms with Gasteiger partial charge < -0.3 is 15.5 Å². The Bertz CT molecular complexity index is 364.